The van der Waals surface area contributed by atoms with Crippen LogP contribution in [-0.2, 0) is 14.4 Å². The van der Waals surface area contributed by atoms with Crippen molar-refractivity contribution in [1.82, 2.24) is 0 Å². The lowest BCUT2D eigenvalue weighted by atomic mass is 10.1. The van der Waals surface area contributed by atoms with Crippen LogP contribution in [0.4, 0.5) is 0 Å². The van der Waals surface area contributed by atoms with Gasteiger partial charge in [0.05, 0.1) is 0 Å². The third-order valence-electron chi connectivity index (χ3n) is 2.09. The van der Waals surface area contributed by atoms with Gasteiger partial charge in [-0.2, -0.15) is 0 Å². The van der Waals surface area contributed by atoms with Crippen LogP contribution in [0.5, 0.6) is 0 Å². The summed E-state index contributed by atoms with van der Waals surface area (Å²) in [6.07, 6.45) is 5.42. The van der Waals surface area contributed by atoms with Crippen molar-refractivity contribution in [2.75, 3.05) is 0 Å². The molecule has 0 aromatic heterocycles. The normalized spacial score (nSPS) is 10.8. The Balaban J connectivity index is 0. The van der Waals surface area contributed by atoms with E-state index in [2.05, 4.69) is 17.1 Å². The van der Waals surface area contributed by atoms with Gasteiger partial charge in [0.2, 0.25) is 0 Å². The van der Waals surface area contributed by atoms with E-state index >= 15 is 0 Å². The number of Topliss-reactive ketones (excluding diaryl/α,β-unsaturated/α-hetero) is 1. The van der Waals surface area contributed by atoms with Gasteiger partial charge in [-0.15, -0.1) is 4.91 Å². The summed E-state index contributed by atoms with van der Waals surface area (Å²) < 4.78 is 0. The number of hydrogen-bond donors (Lipinski definition) is 1. The molecule has 18 heavy (non-hydrogen) atoms. The first-order valence-corrected chi connectivity index (χ1v) is 6.13. The largest absolute Gasteiger partial charge is 0.481 e. The van der Waals surface area contributed by atoms with Crippen LogP contribution in [0, 0.1) is 4.91 Å². The molecule has 0 aromatic carbocycles. The SMILES string of the molecule is CC(=O)CC(=O)O.CCCCCCC(C)ON=O. The topological polar surface area (TPSA) is 93.0 Å². The van der Waals surface area contributed by atoms with Crippen LogP contribution in [0.3, 0.4) is 0 Å². The minimum Gasteiger partial charge on any atom is -0.481 e. The van der Waals surface area contributed by atoms with E-state index in [1.54, 1.807) is 0 Å². The molecule has 0 aliphatic rings. The first-order chi connectivity index (χ1) is 8.43. The highest BCUT2D eigenvalue weighted by Crippen LogP contribution is 2.07. The van der Waals surface area contributed by atoms with E-state index in [0.717, 1.165) is 12.8 Å². The van der Waals surface area contributed by atoms with Crippen molar-refractivity contribution in [3.63, 3.8) is 0 Å². The Bertz CT molecular complexity index is 231. The van der Waals surface area contributed by atoms with E-state index in [4.69, 9.17) is 5.11 Å². The zero-order valence-electron chi connectivity index (χ0n) is 11.3. The standard InChI is InChI=1S/C8H17NO2.C4H6O3/c1-3-4-5-6-7-8(2)11-9-10;1-3(5)2-4(6)7/h8H,3-7H2,1-2H3;2H2,1H3,(H,6,7). The molecule has 0 saturated carbocycles. The van der Waals surface area contributed by atoms with Gasteiger partial charge >= 0.3 is 5.97 Å². The van der Waals surface area contributed by atoms with Gasteiger partial charge < -0.3 is 9.94 Å². The van der Waals surface area contributed by atoms with Crippen LogP contribution < -0.4 is 0 Å². The monoisotopic (exact) mass is 261 g/mol. The van der Waals surface area contributed by atoms with Gasteiger partial charge in [-0.25, -0.2) is 0 Å². The zero-order valence-corrected chi connectivity index (χ0v) is 11.3. The second-order valence-electron chi connectivity index (χ2n) is 4.11. The summed E-state index contributed by atoms with van der Waals surface area (Å²) in [5, 5.41) is 10.2. The maximum Gasteiger partial charge on any atom is 0.310 e. The molecule has 1 atom stereocenters. The Kier molecular flexibility index (Phi) is 14.3. The quantitative estimate of drug-likeness (QED) is 0.298. The molecular formula is C12H23NO5. The molecule has 0 amide bonds. The summed E-state index contributed by atoms with van der Waals surface area (Å²) in [7, 11) is 0. The molecule has 0 aliphatic carbocycles. The molecule has 0 radical (unpaired) electrons. The van der Waals surface area contributed by atoms with Gasteiger partial charge in [0, 0.05) is 0 Å². The fraction of sp³-hybridized carbons (Fsp3) is 0.833. The maximum absolute atomic E-state index is 9.87. The van der Waals surface area contributed by atoms with Crippen molar-refractivity contribution in [2.45, 2.75) is 65.4 Å². The van der Waals surface area contributed by atoms with Crippen molar-refractivity contribution in [1.29, 1.82) is 0 Å². The van der Waals surface area contributed by atoms with Crippen LogP contribution in [0.15, 0.2) is 5.34 Å². The smallest absolute Gasteiger partial charge is 0.310 e. The lowest BCUT2D eigenvalue weighted by Gasteiger charge is -2.05. The number of aliphatic carboxylic acids is 1. The Hall–Kier alpha value is -1.46. The van der Waals surface area contributed by atoms with E-state index in [1.165, 1.54) is 26.2 Å². The molecule has 0 aromatic rings. The van der Waals surface area contributed by atoms with Crippen LogP contribution in [0.1, 0.15) is 59.3 Å². The summed E-state index contributed by atoms with van der Waals surface area (Å²) in [5.41, 5.74) is 0. The van der Waals surface area contributed by atoms with Crippen molar-refractivity contribution in [3.8, 4) is 0 Å². The predicted molar refractivity (Wildman–Crippen MR) is 68.0 cm³/mol. The number of carbonyl (C=O) groups is 2. The highest BCUT2D eigenvalue weighted by Gasteiger charge is 2.01. The third kappa shape index (κ3) is 20.0. The molecule has 1 unspecified atom stereocenters. The number of nitrogens with zero attached hydrogens (tertiary/aromatic N) is 1. The number of unbranched alkanes of at least 4 members (excludes halogenated alkanes) is 3. The molecule has 0 rings (SSSR count). The Morgan fingerprint density at radius 2 is 1.89 bits per heavy atom. The van der Waals surface area contributed by atoms with E-state index in [0.29, 0.717) is 0 Å². The minimum atomic E-state index is -1.06. The number of ketones is 1. The molecule has 106 valence electrons. The van der Waals surface area contributed by atoms with Crippen molar-refractivity contribution < 1.29 is 19.5 Å². The first kappa shape index (κ1) is 18.9. The molecule has 0 heterocycles. The number of carbonyl (C=O) groups excluding carboxylic acids is 1. The second kappa shape index (κ2) is 13.6. The van der Waals surface area contributed by atoms with Gasteiger partial charge in [-0.1, -0.05) is 26.2 Å². The van der Waals surface area contributed by atoms with Crippen molar-refractivity contribution >= 4 is 11.8 Å². The second-order valence-corrected chi connectivity index (χ2v) is 4.11. The molecule has 0 bridgehead atoms. The average molecular weight is 261 g/mol. The lowest BCUT2D eigenvalue weighted by Crippen LogP contribution is -2.02. The predicted octanol–water partition coefficient (Wildman–Crippen LogP) is 3.09. The number of rotatable bonds is 9. The molecule has 0 saturated heterocycles. The van der Waals surface area contributed by atoms with Gasteiger partial charge in [0.1, 0.15) is 18.3 Å². The van der Waals surface area contributed by atoms with Crippen molar-refractivity contribution in [3.05, 3.63) is 4.91 Å². The summed E-state index contributed by atoms with van der Waals surface area (Å²) in [6.45, 7) is 5.29. The number of hydrogen-bond acceptors (Lipinski definition) is 5. The lowest BCUT2D eigenvalue weighted by molar-refractivity contribution is -0.139. The van der Waals surface area contributed by atoms with Gasteiger partial charge in [-0.3, -0.25) is 9.59 Å². The summed E-state index contributed by atoms with van der Waals surface area (Å²) in [4.78, 5) is 33.6. The Morgan fingerprint density at radius 3 is 2.22 bits per heavy atom. The highest BCUT2D eigenvalue weighted by molar-refractivity contribution is 5.93. The first-order valence-electron chi connectivity index (χ1n) is 6.13. The maximum atomic E-state index is 9.87. The van der Waals surface area contributed by atoms with Crippen molar-refractivity contribution in [2.24, 2.45) is 5.34 Å². The van der Waals surface area contributed by atoms with E-state index in [-0.39, 0.29) is 18.3 Å². The molecule has 0 aliphatic heterocycles. The van der Waals surface area contributed by atoms with E-state index in [1.807, 2.05) is 6.92 Å². The van der Waals surface area contributed by atoms with Gasteiger partial charge in [0.15, 0.2) is 5.34 Å². The Labute approximate surface area is 108 Å². The fourth-order valence-corrected chi connectivity index (χ4v) is 1.20. The summed E-state index contributed by atoms with van der Waals surface area (Å²) in [5.74, 6) is -1.37. The number of carboxylic acids is 1. The number of carboxylic acid groups (broad SMARTS) is 1. The summed E-state index contributed by atoms with van der Waals surface area (Å²) >= 11 is 0. The molecular weight excluding hydrogens is 238 g/mol. The molecule has 6 heteroatoms. The van der Waals surface area contributed by atoms with Crippen LogP contribution in [0.25, 0.3) is 0 Å². The van der Waals surface area contributed by atoms with Crippen LogP contribution in [-0.4, -0.2) is 23.0 Å². The average Bonchev–Trinajstić information content (AvgIpc) is 2.24. The van der Waals surface area contributed by atoms with Gasteiger partial charge in [0.25, 0.3) is 0 Å². The van der Waals surface area contributed by atoms with Gasteiger partial charge in [-0.05, 0) is 26.7 Å². The summed E-state index contributed by atoms with van der Waals surface area (Å²) in [6, 6.07) is 0. The molecule has 6 nitrogen and oxygen atoms in total. The molecule has 0 fully saturated rings. The third-order valence-corrected chi connectivity index (χ3v) is 2.09. The fourth-order valence-electron chi connectivity index (χ4n) is 1.20. The zero-order chi connectivity index (χ0) is 14.4. The van der Waals surface area contributed by atoms with Crippen LogP contribution >= 0.6 is 0 Å². The molecule has 0 spiro atoms. The van der Waals surface area contributed by atoms with E-state index < -0.39 is 5.97 Å². The molecule has 1 N–H and O–H groups in total. The van der Waals surface area contributed by atoms with Crippen LogP contribution in [0.2, 0.25) is 0 Å². The minimum absolute atomic E-state index is 0.00986. The Morgan fingerprint density at radius 1 is 1.28 bits per heavy atom. The highest BCUT2D eigenvalue weighted by atomic mass is 16.7. The van der Waals surface area contributed by atoms with E-state index in [9.17, 15) is 14.5 Å².